The molecule has 0 saturated carbocycles. The van der Waals surface area contributed by atoms with Crippen LogP contribution in [-0.2, 0) is 4.79 Å². The highest BCUT2D eigenvalue weighted by Crippen LogP contribution is 2.31. The normalized spacial score (nSPS) is 22.1. The van der Waals surface area contributed by atoms with Crippen molar-refractivity contribution in [3.8, 4) is 0 Å². The standard InChI is InChI=1S/C12H23N3O2S/c1-4-12(5-2,10(13)14-17)11(16)15-6-7-18-9(3)8-15/h9,17H,4-8H2,1-3H3,(H2,13,14). The number of amides is 1. The summed E-state index contributed by atoms with van der Waals surface area (Å²) in [6, 6.07) is 0. The highest BCUT2D eigenvalue weighted by molar-refractivity contribution is 7.99. The van der Waals surface area contributed by atoms with Gasteiger partial charge in [-0.15, -0.1) is 0 Å². The van der Waals surface area contributed by atoms with Crippen molar-refractivity contribution in [2.24, 2.45) is 16.3 Å². The van der Waals surface area contributed by atoms with Crippen LogP contribution >= 0.6 is 11.8 Å². The zero-order chi connectivity index (χ0) is 13.8. The number of carbonyl (C=O) groups excluding carboxylic acids is 1. The lowest BCUT2D eigenvalue weighted by Crippen LogP contribution is -2.53. The highest BCUT2D eigenvalue weighted by Gasteiger charge is 2.43. The van der Waals surface area contributed by atoms with Gasteiger partial charge in [0.15, 0.2) is 5.84 Å². The fourth-order valence-electron chi connectivity index (χ4n) is 2.43. The van der Waals surface area contributed by atoms with Gasteiger partial charge in [0.2, 0.25) is 5.91 Å². The van der Waals surface area contributed by atoms with Crippen molar-refractivity contribution in [3.05, 3.63) is 0 Å². The first-order chi connectivity index (χ1) is 8.51. The number of thioether (sulfide) groups is 1. The molecule has 0 spiro atoms. The maximum absolute atomic E-state index is 12.7. The molecule has 1 amide bonds. The van der Waals surface area contributed by atoms with Gasteiger partial charge in [0.1, 0.15) is 5.41 Å². The van der Waals surface area contributed by atoms with Gasteiger partial charge in [0.05, 0.1) is 0 Å². The van der Waals surface area contributed by atoms with Crippen LogP contribution in [0.1, 0.15) is 33.6 Å². The predicted octanol–water partition coefficient (Wildman–Crippen LogP) is 1.50. The molecule has 1 fully saturated rings. The number of amidine groups is 1. The van der Waals surface area contributed by atoms with Crippen LogP contribution in [-0.4, -0.2) is 45.9 Å². The molecule has 1 aliphatic heterocycles. The molecule has 0 aliphatic carbocycles. The van der Waals surface area contributed by atoms with Gasteiger partial charge < -0.3 is 15.8 Å². The molecule has 1 atom stereocenters. The first-order valence-corrected chi connectivity index (χ1v) is 7.45. The molecule has 0 aromatic rings. The summed E-state index contributed by atoms with van der Waals surface area (Å²) in [5, 5.41) is 12.4. The largest absolute Gasteiger partial charge is 0.409 e. The summed E-state index contributed by atoms with van der Waals surface area (Å²) in [7, 11) is 0. The van der Waals surface area contributed by atoms with Crippen molar-refractivity contribution >= 4 is 23.5 Å². The van der Waals surface area contributed by atoms with Crippen molar-refractivity contribution in [1.82, 2.24) is 4.90 Å². The Balaban J connectivity index is 2.95. The van der Waals surface area contributed by atoms with Gasteiger partial charge in [-0.2, -0.15) is 11.8 Å². The number of nitrogens with two attached hydrogens (primary N) is 1. The summed E-state index contributed by atoms with van der Waals surface area (Å²) < 4.78 is 0. The van der Waals surface area contributed by atoms with E-state index >= 15 is 0 Å². The molecule has 6 heteroatoms. The van der Waals surface area contributed by atoms with E-state index < -0.39 is 5.41 Å². The van der Waals surface area contributed by atoms with Crippen LogP contribution in [0.4, 0.5) is 0 Å². The van der Waals surface area contributed by atoms with E-state index in [-0.39, 0.29) is 11.7 Å². The lowest BCUT2D eigenvalue weighted by Gasteiger charge is -2.38. The molecule has 1 unspecified atom stereocenters. The molecular formula is C12H23N3O2S. The van der Waals surface area contributed by atoms with Crippen LogP contribution in [0.5, 0.6) is 0 Å². The molecule has 0 aromatic carbocycles. The summed E-state index contributed by atoms with van der Waals surface area (Å²) >= 11 is 1.87. The maximum Gasteiger partial charge on any atom is 0.236 e. The average Bonchev–Trinajstić information content (AvgIpc) is 2.40. The Morgan fingerprint density at radius 1 is 1.56 bits per heavy atom. The molecule has 0 bridgehead atoms. The van der Waals surface area contributed by atoms with E-state index in [1.54, 1.807) is 0 Å². The van der Waals surface area contributed by atoms with Crippen LogP contribution in [0.25, 0.3) is 0 Å². The Kier molecular flexibility index (Phi) is 5.31. The Morgan fingerprint density at radius 2 is 2.17 bits per heavy atom. The minimum atomic E-state index is -0.851. The van der Waals surface area contributed by atoms with Gasteiger partial charge in [-0.1, -0.05) is 25.9 Å². The topological polar surface area (TPSA) is 78.9 Å². The lowest BCUT2D eigenvalue weighted by atomic mass is 9.79. The Morgan fingerprint density at radius 3 is 2.61 bits per heavy atom. The first kappa shape index (κ1) is 15.1. The number of rotatable bonds is 4. The molecule has 104 valence electrons. The summed E-state index contributed by atoms with van der Waals surface area (Å²) in [4.78, 5) is 14.5. The number of carbonyl (C=O) groups is 1. The Hall–Kier alpha value is -0.910. The molecule has 1 aliphatic rings. The van der Waals surface area contributed by atoms with Crippen molar-refractivity contribution < 1.29 is 10.0 Å². The summed E-state index contributed by atoms with van der Waals surface area (Å²) in [6.45, 7) is 7.41. The average molecular weight is 273 g/mol. The van der Waals surface area contributed by atoms with Gasteiger partial charge in [-0.25, -0.2) is 0 Å². The monoisotopic (exact) mass is 273 g/mol. The van der Waals surface area contributed by atoms with Crippen molar-refractivity contribution in [2.45, 2.75) is 38.9 Å². The van der Waals surface area contributed by atoms with E-state index in [0.29, 0.717) is 18.1 Å². The van der Waals surface area contributed by atoms with E-state index in [0.717, 1.165) is 18.8 Å². The third-order valence-electron chi connectivity index (χ3n) is 3.74. The second-order valence-corrected chi connectivity index (χ2v) is 6.25. The smallest absolute Gasteiger partial charge is 0.236 e. The van der Waals surface area contributed by atoms with Crippen LogP contribution < -0.4 is 5.73 Å². The zero-order valence-electron chi connectivity index (χ0n) is 11.3. The van der Waals surface area contributed by atoms with Gasteiger partial charge in [0.25, 0.3) is 0 Å². The summed E-state index contributed by atoms with van der Waals surface area (Å²) in [6.07, 6.45) is 1.10. The molecular weight excluding hydrogens is 250 g/mol. The van der Waals surface area contributed by atoms with E-state index in [4.69, 9.17) is 10.9 Å². The maximum atomic E-state index is 12.7. The van der Waals surface area contributed by atoms with Crippen LogP contribution in [0, 0.1) is 5.41 Å². The Labute approximate surface area is 113 Å². The minimum absolute atomic E-state index is 0.00468. The third kappa shape index (κ3) is 2.74. The van der Waals surface area contributed by atoms with Crippen LogP contribution in [0.2, 0.25) is 0 Å². The minimum Gasteiger partial charge on any atom is -0.409 e. The third-order valence-corrected chi connectivity index (χ3v) is 4.88. The van der Waals surface area contributed by atoms with Gasteiger partial charge in [0, 0.05) is 24.1 Å². The van der Waals surface area contributed by atoms with E-state index in [1.165, 1.54) is 0 Å². The fourth-order valence-corrected chi connectivity index (χ4v) is 3.44. The van der Waals surface area contributed by atoms with E-state index in [2.05, 4.69) is 12.1 Å². The molecule has 1 rings (SSSR count). The quantitative estimate of drug-likeness (QED) is 0.352. The van der Waals surface area contributed by atoms with E-state index in [1.807, 2.05) is 30.5 Å². The zero-order valence-corrected chi connectivity index (χ0v) is 12.2. The van der Waals surface area contributed by atoms with Crippen LogP contribution in [0.3, 0.4) is 0 Å². The van der Waals surface area contributed by atoms with Crippen molar-refractivity contribution in [1.29, 1.82) is 0 Å². The van der Waals surface area contributed by atoms with Gasteiger partial charge in [-0.3, -0.25) is 4.79 Å². The predicted molar refractivity (Wildman–Crippen MR) is 74.9 cm³/mol. The van der Waals surface area contributed by atoms with Gasteiger partial charge in [-0.05, 0) is 12.8 Å². The molecule has 3 N–H and O–H groups in total. The second-order valence-electron chi connectivity index (χ2n) is 4.71. The Bertz CT molecular complexity index is 329. The molecule has 5 nitrogen and oxygen atoms in total. The SMILES string of the molecule is CCC(CC)(C(=O)N1CCSC(C)C1)C(N)=NO. The van der Waals surface area contributed by atoms with E-state index in [9.17, 15) is 4.79 Å². The summed E-state index contributed by atoms with van der Waals surface area (Å²) in [5.74, 6) is 0.977. The number of oxime groups is 1. The number of hydrogen-bond donors (Lipinski definition) is 2. The van der Waals surface area contributed by atoms with Crippen molar-refractivity contribution in [3.63, 3.8) is 0 Å². The first-order valence-electron chi connectivity index (χ1n) is 6.40. The molecule has 18 heavy (non-hydrogen) atoms. The molecule has 1 saturated heterocycles. The summed E-state index contributed by atoms with van der Waals surface area (Å²) in [5.41, 5.74) is 4.91. The second kappa shape index (κ2) is 6.31. The van der Waals surface area contributed by atoms with Crippen molar-refractivity contribution in [2.75, 3.05) is 18.8 Å². The lowest BCUT2D eigenvalue weighted by molar-refractivity contribution is -0.138. The van der Waals surface area contributed by atoms with Crippen LogP contribution in [0.15, 0.2) is 5.16 Å². The number of hydrogen-bond acceptors (Lipinski definition) is 4. The number of nitrogens with zero attached hydrogens (tertiary/aromatic N) is 2. The fraction of sp³-hybridized carbons (Fsp3) is 0.833. The molecule has 0 radical (unpaired) electrons. The molecule has 1 heterocycles. The van der Waals surface area contributed by atoms with Gasteiger partial charge >= 0.3 is 0 Å². The molecule has 0 aromatic heterocycles. The highest BCUT2D eigenvalue weighted by atomic mass is 32.2.